The molecule has 0 unspecified atom stereocenters. The zero-order valence-electron chi connectivity index (χ0n) is 20.3. The molecule has 36 heavy (non-hydrogen) atoms. The summed E-state index contributed by atoms with van der Waals surface area (Å²) in [6.07, 6.45) is 0.159. The monoisotopic (exact) mass is 489 g/mol. The van der Waals surface area contributed by atoms with E-state index in [9.17, 15) is 14.0 Å². The van der Waals surface area contributed by atoms with Crippen LogP contribution in [0.1, 0.15) is 22.7 Å². The molecule has 3 aromatic carbocycles. The van der Waals surface area contributed by atoms with Crippen molar-refractivity contribution in [3.8, 4) is 0 Å². The molecule has 1 fully saturated rings. The number of carbonyl (C=O) groups is 2. The van der Waals surface area contributed by atoms with Gasteiger partial charge in [-0.05, 0) is 28.8 Å². The Morgan fingerprint density at radius 2 is 1.53 bits per heavy atom. The molecule has 0 radical (unpaired) electrons. The van der Waals surface area contributed by atoms with Crippen molar-refractivity contribution in [3.05, 3.63) is 107 Å². The van der Waals surface area contributed by atoms with Crippen LogP contribution in [0.15, 0.2) is 84.9 Å². The largest absolute Gasteiger partial charge is 0.379 e. The van der Waals surface area contributed by atoms with E-state index in [2.05, 4.69) is 10.2 Å². The molecule has 1 aliphatic rings. The predicted octanol–water partition coefficient (Wildman–Crippen LogP) is 3.59. The van der Waals surface area contributed by atoms with Crippen molar-refractivity contribution in [2.75, 3.05) is 39.4 Å². The van der Waals surface area contributed by atoms with Crippen LogP contribution in [0.4, 0.5) is 4.39 Å². The quantitative estimate of drug-likeness (QED) is 0.473. The molecule has 1 atom stereocenters. The second-order valence-corrected chi connectivity index (χ2v) is 8.87. The molecule has 3 aromatic rings. The highest BCUT2D eigenvalue weighted by molar-refractivity contribution is 5.89. The minimum Gasteiger partial charge on any atom is -0.379 e. The van der Waals surface area contributed by atoms with Crippen molar-refractivity contribution < 1.29 is 18.7 Å². The van der Waals surface area contributed by atoms with E-state index in [1.807, 2.05) is 60.7 Å². The van der Waals surface area contributed by atoms with E-state index in [0.717, 1.165) is 29.8 Å². The van der Waals surface area contributed by atoms with Crippen molar-refractivity contribution >= 4 is 11.8 Å². The van der Waals surface area contributed by atoms with Gasteiger partial charge in [-0.1, -0.05) is 72.8 Å². The maximum atomic E-state index is 13.7. The van der Waals surface area contributed by atoms with Gasteiger partial charge in [0.1, 0.15) is 11.9 Å². The van der Waals surface area contributed by atoms with E-state index < -0.39 is 6.04 Å². The number of ether oxygens (including phenoxy) is 1. The van der Waals surface area contributed by atoms with Gasteiger partial charge in [-0.2, -0.15) is 0 Å². The average Bonchev–Trinajstić information content (AvgIpc) is 2.91. The van der Waals surface area contributed by atoms with Crippen molar-refractivity contribution in [2.45, 2.75) is 19.0 Å². The third-order valence-electron chi connectivity index (χ3n) is 6.29. The molecule has 6 nitrogen and oxygen atoms in total. The Bertz CT molecular complexity index is 1100. The predicted molar refractivity (Wildman–Crippen MR) is 137 cm³/mol. The van der Waals surface area contributed by atoms with Gasteiger partial charge >= 0.3 is 0 Å². The van der Waals surface area contributed by atoms with E-state index in [1.165, 1.54) is 12.1 Å². The van der Waals surface area contributed by atoms with Crippen molar-refractivity contribution in [3.63, 3.8) is 0 Å². The van der Waals surface area contributed by atoms with Gasteiger partial charge in [0.25, 0.3) is 0 Å². The van der Waals surface area contributed by atoms with Crippen LogP contribution in [-0.4, -0.2) is 61.0 Å². The first-order valence-corrected chi connectivity index (χ1v) is 12.3. The normalized spacial score (nSPS) is 14.7. The summed E-state index contributed by atoms with van der Waals surface area (Å²) in [7, 11) is 0. The molecular formula is C29H32FN3O3. The summed E-state index contributed by atoms with van der Waals surface area (Å²) in [6.45, 7) is 4.43. The Morgan fingerprint density at radius 1 is 0.889 bits per heavy atom. The van der Waals surface area contributed by atoms with E-state index >= 15 is 0 Å². The maximum absolute atomic E-state index is 13.7. The second-order valence-electron chi connectivity index (χ2n) is 8.87. The summed E-state index contributed by atoms with van der Waals surface area (Å²) in [6, 6.07) is 24.0. The number of nitrogens with one attached hydrogen (secondary N) is 1. The zero-order chi connectivity index (χ0) is 25.2. The summed E-state index contributed by atoms with van der Waals surface area (Å²) in [5.41, 5.74) is 2.34. The lowest BCUT2D eigenvalue weighted by atomic mass is 10.0. The van der Waals surface area contributed by atoms with Crippen LogP contribution >= 0.6 is 0 Å². The molecule has 4 rings (SSSR count). The third-order valence-corrected chi connectivity index (χ3v) is 6.29. The second kappa shape index (κ2) is 13.0. The molecule has 0 bridgehead atoms. The fraction of sp³-hybridized carbons (Fsp3) is 0.310. The molecule has 1 heterocycles. The highest BCUT2D eigenvalue weighted by Crippen LogP contribution is 2.25. The fourth-order valence-corrected chi connectivity index (χ4v) is 4.35. The first kappa shape index (κ1) is 25.5. The number of nitrogens with zero attached hydrogens (tertiary/aromatic N) is 2. The number of amides is 2. The molecule has 188 valence electrons. The molecule has 7 heteroatoms. The van der Waals surface area contributed by atoms with E-state index in [0.29, 0.717) is 26.3 Å². The van der Waals surface area contributed by atoms with E-state index in [1.54, 1.807) is 17.0 Å². The summed E-state index contributed by atoms with van der Waals surface area (Å²) in [4.78, 5) is 31.1. The van der Waals surface area contributed by atoms with Crippen LogP contribution in [0.3, 0.4) is 0 Å². The highest BCUT2D eigenvalue weighted by atomic mass is 19.1. The molecule has 0 saturated carbocycles. The van der Waals surface area contributed by atoms with Gasteiger partial charge in [-0.25, -0.2) is 4.39 Å². The molecule has 2 amide bonds. The van der Waals surface area contributed by atoms with E-state index in [-0.39, 0.29) is 30.6 Å². The Balaban J connectivity index is 1.58. The Kier molecular flexibility index (Phi) is 9.19. The lowest BCUT2D eigenvalue weighted by Gasteiger charge is -2.32. The average molecular weight is 490 g/mol. The van der Waals surface area contributed by atoms with Crippen molar-refractivity contribution in [2.24, 2.45) is 0 Å². The summed E-state index contributed by atoms with van der Waals surface area (Å²) >= 11 is 0. The standard InChI is InChI=1S/C29H32FN3O3/c30-26-13-11-24(12-14-26)22-33(27(34)21-23-7-3-1-4-8-23)28(25-9-5-2-6-10-25)29(35)31-15-16-32-17-19-36-20-18-32/h1-14,28H,15-22H2,(H,31,35)/t28-/m0/s1. The minimum absolute atomic E-state index is 0.159. The molecule has 0 aliphatic carbocycles. The van der Waals surface area contributed by atoms with Gasteiger partial charge in [0.15, 0.2) is 0 Å². The van der Waals surface area contributed by atoms with Crippen LogP contribution in [-0.2, 0) is 27.3 Å². The molecule has 0 aromatic heterocycles. The lowest BCUT2D eigenvalue weighted by molar-refractivity contribution is -0.141. The van der Waals surface area contributed by atoms with Gasteiger partial charge in [0.05, 0.1) is 19.6 Å². The first-order chi connectivity index (χ1) is 17.6. The molecular weight excluding hydrogens is 457 g/mol. The fourth-order valence-electron chi connectivity index (χ4n) is 4.35. The Labute approximate surface area is 211 Å². The lowest BCUT2D eigenvalue weighted by Crippen LogP contribution is -2.46. The van der Waals surface area contributed by atoms with Crippen LogP contribution in [0, 0.1) is 5.82 Å². The molecule has 1 aliphatic heterocycles. The number of rotatable bonds is 10. The first-order valence-electron chi connectivity index (χ1n) is 12.3. The summed E-state index contributed by atoms with van der Waals surface area (Å²) < 4.78 is 19.0. The van der Waals surface area contributed by atoms with E-state index in [4.69, 9.17) is 4.74 Å². The highest BCUT2D eigenvalue weighted by Gasteiger charge is 2.31. The topological polar surface area (TPSA) is 61.9 Å². The van der Waals surface area contributed by atoms with Gasteiger partial charge in [-0.3, -0.25) is 14.5 Å². The number of carbonyl (C=O) groups excluding carboxylic acids is 2. The van der Waals surface area contributed by atoms with Gasteiger partial charge < -0.3 is 15.0 Å². The Morgan fingerprint density at radius 3 is 2.19 bits per heavy atom. The number of morpholine rings is 1. The smallest absolute Gasteiger partial charge is 0.247 e. The van der Waals surface area contributed by atoms with Gasteiger partial charge in [0.2, 0.25) is 11.8 Å². The number of hydrogen-bond acceptors (Lipinski definition) is 4. The third kappa shape index (κ3) is 7.23. The van der Waals surface area contributed by atoms with Crippen LogP contribution < -0.4 is 5.32 Å². The number of hydrogen-bond donors (Lipinski definition) is 1. The van der Waals surface area contributed by atoms with Crippen LogP contribution in [0.25, 0.3) is 0 Å². The molecule has 1 saturated heterocycles. The molecule has 0 spiro atoms. The van der Waals surface area contributed by atoms with Gasteiger partial charge in [0, 0.05) is 32.7 Å². The summed E-state index contributed by atoms with van der Waals surface area (Å²) in [5, 5.41) is 3.05. The van der Waals surface area contributed by atoms with Gasteiger partial charge in [-0.15, -0.1) is 0 Å². The molecule has 1 N–H and O–H groups in total. The summed E-state index contributed by atoms with van der Waals surface area (Å²) in [5.74, 6) is -0.762. The minimum atomic E-state index is -0.822. The SMILES string of the molecule is O=C(NCCN1CCOCC1)[C@H](c1ccccc1)N(Cc1ccc(F)cc1)C(=O)Cc1ccccc1. The number of halogens is 1. The Hall–Kier alpha value is -3.55. The van der Waals surface area contributed by atoms with Crippen molar-refractivity contribution in [1.29, 1.82) is 0 Å². The maximum Gasteiger partial charge on any atom is 0.247 e. The van der Waals surface area contributed by atoms with Crippen LogP contribution in [0.5, 0.6) is 0 Å². The van der Waals surface area contributed by atoms with Crippen LogP contribution in [0.2, 0.25) is 0 Å². The number of benzene rings is 3. The van der Waals surface area contributed by atoms with Crippen molar-refractivity contribution in [1.82, 2.24) is 15.1 Å². The zero-order valence-corrected chi connectivity index (χ0v) is 20.3.